The van der Waals surface area contributed by atoms with Crippen LogP contribution in [0.25, 0.3) is 0 Å². The van der Waals surface area contributed by atoms with E-state index in [1.807, 2.05) is 0 Å². The van der Waals surface area contributed by atoms with Crippen LogP contribution in [0.1, 0.15) is 53.4 Å². The van der Waals surface area contributed by atoms with Gasteiger partial charge in [-0.25, -0.2) is 0 Å². The first-order valence-electron chi connectivity index (χ1n) is 9.08. The molecule has 0 aliphatic carbocycles. The highest BCUT2D eigenvalue weighted by molar-refractivity contribution is 4.81. The third-order valence-corrected chi connectivity index (χ3v) is 4.88. The van der Waals surface area contributed by atoms with Gasteiger partial charge in [0.05, 0.1) is 23.9 Å². The fourth-order valence-electron chi connectivity index (χ4n) is 3.54. The van der Waals surface area contributed by atoms with Crippen LogP contribution in [0.4, 0.5) is 0 Å². The number of likely N-dealkylation sites (tertiary alicyclic amines) is 2. The normalized spacial score (nSPS) is 26.2. The van der Waals surface area contributed by atoms with Gasteiger partial charge in [-0.05, 0) is 60.4 Å². The lowest BCUT2D eigenvalue weighted by Crippen LogP contribution is -2.40. The van der Waals surface area contributed by atoms with Gasteiger partial charge in [-0.3, -0.25) is 0 Å². The molecule has 0 N–H and O–H groups in total. The van der Waals surface area contributed by atoms with E-state index in [1.54, 1.807) is 0 Å². The van der Waals surface area contributed by atoms with E-state index in [9.17, 15) is 0 Å². The van der Waals surface area contributed by atoms with Crippen molar-refractivity contribution in [2.24, 2.45) is 0 Å². The Balaban J connectivity index is 1.67. The second-order valence-electron chi connectivity index (χ2n) is 8.03. The molecule has 130 valence electrons. The summed E-state index contributed by atoms with van der Waals surface area (Å²) < 4.78 is 12.3. The summed E-state index contributed by atoms with van der Waals surface area (Å²) in [4.78, 5) is 4.93. The van der Waals surface area contributed by atoms with Gasteiger partial charge in [0.1, 0.15) is 0 Å². The molecule has 0 spiro atoms. The Morgan fingerprint density at radius 1 is 1.05 bits per heavy atom. The number of piperidine rings is 1. The maximum absolute atomic E-state index is 6.39. The fraction of sp³-hybridized carbons (Fsp3) is 1.00. The highest BCUT2D eigenvalue weighted by Gasteiger charge is 2.29. The van der Waals surface area contributed by atoms with Crippen molar-refractivity contribution in [2.45, 2.75) is 77.3 Å². The monoisotopic (exact) mass is 312 g/mol. The lowest BCUT2D eigenvalue weighted by molar-refractivity contribution is -0.0968. The predicted molar refractivity (Wildman–Crippen MR) is 91.4 cm³/mol. The van der Waals surface area contributed by atoms with Gasteiger partial charge in [0.2, 0.25) is 0 Å². The summed E-state index contributed by atoms with van der Waals surface area (Å²) in [5, 5.41) is 0. The highest BCUT2D eigenvalue weighted by atomic mass is 16.5. The molecule has 2 aliphatic rings. The molecule has 0 amide bonds. The fourth-order valence-corrected chi connectivity index (χ4v) is 3.54. The maximum Gasteiger partial charge on any atom is 0.0717 e. The van der Waals surface area contributed by atoms with Gasteiger partial charge in [0.15, 0.2) is 0 Å². The zero-order chi connectivity index (χ0) is 16.2. The highest BCUT2D eigenvalue weighted by Crippen LogP contribution is 2.24. The van der Waals surface area contributed by atoms with E-state index >= 15 is 0 Å². The van der Waals surface area contributed by atoms with Crippen LogP contribution in [0.3, 0.4) is 0 Å². The maximum atomic E-state index is 6.39. The van der Waals surface area contributed by atoms with E-state index in [1.165, 1.54) is 38.9 Å². The molecular weight excluding hydrogens is 276 g/mol. The van der Waals surface area contributed by atoms with Gasteiger partial charge in [-0.15, -0.1) is 0 Å². The lowest BCUT2D eigenvalue weighted by Gasteiger charge is -2.36. The van der Waals surface area contributed by atoms with E-state index in [0.717, 1.165) is 19.5 Å². The van der Waals surface area contributed by atoms with E-state index in [4.69, 9.17) is 9.47 Å². The molecule has 1 atom stereocenters. The Morgan fingerprint density at radius 3 is 2.32 bits per heavy atom. The van der Waals surface area contributed by atoms with Gasteiger partial charge >= 0.3 is 0 Å². The molecule has 0 bridgehead atoms. The van der Waals surface area contributed by atoms with Crippen LogP contribution in [0, 0.1) is 0 Å². The first-order valence-corrected chi connectivity index (χ1v) is 9.08. The average Bonchev–Trinajstić information content (AvgIpc) is 2.86. The Kier molecular flexibility index (Phi) is 6.69. The number of rotatable bonds is 7. The summed E-state index contributed by atoms with van der Waals surface area (Å²) in [6.07, 6.45) is 5.85. The zero-order valence-corrected chi connectivity index (χ0v) is 15.3. The van der Waals surface area contributed by atoms with Crippen molar-refractivity contribution in [3.8, 4) is 0 Å². The summed E-state index contributed by atoms with van der Waals surface area (Å²) in [6.45, 7) is 14.5. The lowest BCUT2D eigenvalue weighted by atomic mass is 10.0. The number of nitrogens with zero attached hydrogens (tertiary/aromatic N) is 2. The average molecular weight is 312 g/mol. The zero-order valence-electron chi connectivity index (χ0n) is 15.3. The molecule has 2 aliphatic heterocycles. The largest absolute Gasteiger partial charge is 0.374 e. The minimum atomic E-state index is -0.0163. The molecule has 2 heterocycles. The molecule has 0 aromatic rings. The third kappa shape index (κ3) is 6.15. The minimum Gasteiger partial charge on any atom is -0.374 e. The molecule has 22 heavy (non-hydrogen) atoms. The summed E-state index contributed by atoms with van der Waals surface area (Å²) in [5.41, 5.74) is -0.0163. The van der Waals surface area contributed by atoms with Crippen LogP contribution in [0.5, 0.6) is 0 Å². The molecule has 2 rings (SSSR count). The summed E-state index contributed by atoms with van der Waals surface area (Å²) >= 11 is 0. The van der Waals surface area contributed by atoms with Crippen LogP contribution < -0.4 is 0 Å². The molecule has 4 heteroatoms. The molecule has 0 aromatic carbocycles. The molecule has 1 unspecified atom stereocenters. The molecule has 4 nitrogen and oxygen atoms in total. The second kappa shape index (κ2) is 8.09. The van der Waals surface area contributed by atoms with Gasteiger partial charge in [-0.1, -0.05) is 0 Å². The van der Waals surface area contributed by atoms with Crippen molar-refractivity contribution in [1.29, 1.82) is 0 Å². The summed E-state index contributed by atoms with van der Waals surface area (Å²) in [6, 6.07) is 0. The van der Waals surface area contributed by atoms with Gasteiger partial charge in [0.25, 0.3) is 0 Å². The first kappa shape index (κ1) is 18.2. The molecule has 0 aromatic heterocycles. The standard InChI is InChI=1S/C18H36N2O2/c1-15(2)21-17-8-12-20(14-17)13-9-18(3,4)22-16-6-10-19(5)11-7-16/h15-17H,6-14H2,1-5H3. The molecule has 2 fully saturated rings. The first-order chi connectivity index (χ1) is 10.3. The Morgan fingerprint density at radius 2 is 1.68 bits per heavy atom. The molecule has 0 saturated carbocycles. The van der Waals surface area contributed by atoms with Crippen molar-refractivity contribution in [3.05, 3.63) is 0 Å². The van der Waals surface area contributed by atoms with Crippen LogP contribution in [-0.2, 0) is 9.47 Å². The van der Waals surface area contributed by atoms with Crippen LogP contribution in [-0.4, -0.2) is 73.5 Å². The SMILES string of the molecule is CC(C)OC1CCN(CCC(C)(C)OC2CCN(C)CC2)C1. The van der Waals surface area contributed by atoms with Crippen molar-refractivity contribution in [3.63, 3.8) is 0 Å². The van der Waals surface area contributed by atoms with E-state index in [2.05, 4.69) is 44.5 Å². The Labute approximate surface area is 137 Å². The molecular formula is C18H36N2O2. The molecule has 2 saturated heterocycles. The van der Waals surface area contributed by atoms with Gasteiger partial charge in [0, 0.05) is 32.7 Å². The quantitative estimate of drug-likeness (QED) is 0.722. The minimum absolute atomic E-state index is 0.0163. The topological polar surface area (TPSA) is 24.9 Å². The van der Waals surface area contributed by atoms with Crippen LogP contribution >= 0.6 is 0 Å². The Hall–Kier alpha value is -0.160. The van der Waals surface area contributed by atoms with Crippen molar-refractivity contribution in [1.82, 2.24) is 9.80 Å². The number of hydrogen-bond acceptors (Lipinski definition) is 4. The van der Waals surface area contributed by atoms with Crippen molar-refractivity contribution >= 4 is 0 Å². The van der Waals surface area contributed by atoms with Gasteiger partial charge < -0.3 is 19.3 Å². The second-order valence-corrected chi connectivity index (χ2v) is 8.03. The van der Waals surface area contributed by atoms with Crippen molar-refractivity contribution in [2.75, 3.05) is 39.8 Å². The van der Waals surface area contributed by atoms with Crippen LogP contribution in [0.2, 0.25) is 0 Å². The van der Waals surface area contributed by atoms with E-state index < -0.39 is 0 Å². The number of ether oxygens (including phenoxy) is 2. The van der Waals surface area contributed by atoms with Crippen molar-refractivity contribution < 1.29 is 9.47 Å². The third-order valence-electron chi connectivity index (χ3n) is 4.88. The summed E-state index contributed by atoms with van der Waals surface area (Å²) in [7, 11) is 2.20. The summed E-state index contributed by atoms with van der Waals surface area (Å²) in [5.74, 6) is 0. The predicted octanol–water partition coefficient (Wildman–Crippen LogP) is 2.77. The Bertz CT molecular complexity index is 325. The van der Waals surface area contributed by atoms with E-state index in [0.29, 0.717) is 18.3 Å². The van der Waals surface area contributed by atoms with Crippen LogP contribution in [0.15, 0.2) is 0 Å². The molecule has 0 radical (unpaired) electrons. The van der Waals surface area contributed by atoms with E-state index in [-0.39, 0.29) is 5.60 Å². The van der Waals surface area contributed by atoms with Gasteiger partial charge in [-0.2, -0.15) is 0 Å². The number of hydrogen-bond donors (Lipinski definition) is 0. The smallest absolute Gasteiger partial charge is 0.0717 e.